The Labute approximate surface area is 111 Å². The average molecular weight is 259 g/mol. The second kappa shape index (κ2) is 8.48. The van der Waals surface area contributed by atoms with Gasteiger partial charge in [0.15, 0.2) is 0 Å². The van der Waals surface area contributed by atoms with Gasteiger partial charge in [0.1, 0.15) is 6.04 Å². The summed E-state index contributed by atoms with van der Waals surface area (Å²) in [5, 5.41) is 13.3. The lowest BCUT2D eigenvalue weighted by molar-refractivity contribution is -0.146. The van der Waals surface area contributed by atoms with Crippen molar-refractivity contribution in [2.24, 2.45) is 5.92 Å². The first kappa shape index (κ1) is 17.4. The van der Waals surface area contributed by atoms with Gasteiger partial charge in [-0.2, -0.15) is 0 Å². The van der Waals surface area contributed by atoms with Crippen molar-refractivity contribution in [2.75, 3.05) is 13.2 Å². The van der Waals surface area contributed by atoms with Crippen molar-refractivity contribution in [1.82, 2.24) is 5.32 Å². The molecule has 0 saturated heterocycles. The van der Waals surface area contributed by atoms with Crippen LogP contribution in [0.3, 0.4) is 0 Å². The Hall–Kier alpha value is -0.610. The van der Waals surface area contributed by atoms with E-state index in [1.807, 2.05) is 6.92 Å². The summed E-state index contributed by atoms with van der Waals surface area (Å²) in [6.07, 6.45) is 2.35. The molecule has 0 aromatic heterocycles. The molecule has 0 rings (SSSR count). The van der Waals surface area contributed by atoms with Gasteiger partial charge in [-0.15, -0.1) is 0 Å². The molecular formula is C14H29NO3. The first-order valence-electron chi connectivity index (χ1n) is 6.94. The SMILES string of the molecule is CCCC(NCC(C)(O)CC(C)C)C(=O)OCC. The maximum absolute atomic E-state index is 11.7. The van der Waals surface area contributed by atoms with E-state index in [1.54, 1.807) is 13.8 Å². The van der Waals surface area contributed by atoms with E-state index in [1.165, 1.54) is 0 Å². The molecule has 4 heteroatoms. The molecule has 0 aromatic carbocycles. The number of ether oxygens (including phenoxy) is 1. The topological polar surface area (TPSA) is 58.6 Å². The number of carbonyl (C=O) groups is 1. The summed E-state index contributed by atoms with van der Waals surface area (Å²) < 4.78 is 5.02. The smallest absolute Gasteiger partial charge is 0.323 e. The number of hydrogen-bond acceptors (Lipinski definition) is 4. The van der Waals surface area contributed by atoms with Crippen LogP contribution in [0.25, 0.3) is 0 Å². The monoisotopic (exact) mass is 259 g/mol. The largest absolute Gasteiger partial charge is 0.465 e. The van der Waals surface area contributed by atoms with E-state index in [9.17, 15) is 9.90 Å². The third-order valence-electron chi connectivity index (χ3n) is 2.73. The molecule has 18 heavy (non-hydrogen) atoms. The molecule has 0 radical (unpaired) electrons. The molecule has 0 saturated carbocycles. The third-order valence-corrected chi connectivity index (χ3v) is 2.73. The molecule has 0 amide bonds. The van der Waals surface area contributed by atoms with E-state index >= 15 is 0 Å². The molecule has 0 aliphatic carbocycles. The highest BCUT2D eigenvalue weighted by Gasteiger charge is 2.25. The van der Waals surface area contributed by atoms with E-state index in [2.05, 4.69) is 19.2 Å². The maximum Gasteiger partial charge on any atom is 0.323 e. The fourth-order valence-corrected chi connectivity index (χ4v) is 2.13. The standard InChI is InChI=1S/C14H29NO3/c1-6-8-12(13(16)18-7-2)15-10-14(5,17)9-11(3)4/h11-12,15,17H,6-10H2,1-5H3. The van der Waals surface area contributed by atoms with Crippen LogP contribution in [0.2, 0.25) is 0 Å². The highest BCUT2D eigenvalue weighted by Crippen LogP contribution is 2.15. The van der Waals surface area contributed by atoms with Crippen LogP contribution >= 0.6 is 0 Å². The van der Waals surface area contributed by atoms with E-state index in [4.69, 9.17) is 4.74 Å². The van der Waals surface area contributed by atoms with E-state index < -0.39 is 5.60 Å². The zero-order valence-corrected chi connectivity index (χ0v) is 12.5. The van der Waals surface area contributed by atoms with E-state index in [0.29, 0.717) is 25.5 Å². The van der Waals surface area contributed by atoms with Crippen molar-refractivity contribution >= 4 is 5.97 Å². The van der Waals surface area contributed by atoms with Crippen molar-refractivity contribution in [1.29, 1.82) is 0 Å². The number of aliphatic hydroxyl groups is 1. The van der Waals surface area contributed by atoms with Crippen LogP contribution < -0.4 is 5.32 Å². The van der Waals surface area contributed by atoms with Gasteiger partial charge in [-0.05, 0) is 32.6 Å². The number of carbonyl (C=O) groups excluding carboxylic acids is 1. The number of esters is 1. The average Bonchev–Trinajstić information content (AvgIpc) is 2.22. The summed E-state index contributed by atoms with van der Waals surface area (Å²) in [7, 11) is 0. The van der Waals surface area contributed by atoms with Gasteiger partial charge in [0, 0.05) is 6.54 Å². The Morgan fingerprint density at radius 3 is 2.44 bits per heavy atom. The van der Waals surface area contributed by atoms with Gasteiger partial charge in [-0.25, -0.2) is 0 Å². The molecule has 0 bridgehead atoms. The van der Waals surface area contributed by atoms with Crippen molar-refractivity contribution < 1.29 is 14.6 Å². The predicted octanol–water partition coefficient (Wildman–Crippen LogP) is 2.10. The normalized spacial score (nSPS) is 16.4. The van der Waals surface area contributed by atoms with E-state index in [-0.39, 0.29) is 12.0 Å². The first-order valence-corrected chi connectivity index (χ1v) is 6.94. The Bertz CT molecular complexity index is 239. The van der Waals surface area contributed by atoms with Gasteiger partial charge >= 0.3 is 5.97 Å². The Morgan fingerprint density at radius 1 is 1.39 bits per heavy atom. The Kier molecular flexibility index (Phi) is 8.20. The fraction of sp³-hybridized carbons (Fsp3) is 0.929. The number of hydrogen-bond donors (Lipinski definition) is 2. The minimum absolute atomic E-state index is 0.223. The lowest BCUT2D eigenvalue weighted by atomic mass is 9.94. The lowest BCUT2D eigenvalue weighted by Gasteiger charge is -2.28. The summed E-state index contributed by atoms with van der Waals surface area (Å²) in [5.74, 6) is 0.203. The van der Waals surface area contributed by atoms with Gasteiger partial charge in [0.25, 0.3) is 0 Å². The molecule has 0 aromatic rings. The van der Waals surface area contributed by atoms with Crippen LogP contribution in [0.5, 0.6) is 0 Å². The van der Waals surface area contributed by atoms with Crippen LogP contribution in [-0.4, -0.2) is 35.9 Å². The molecule has 0 aliphatic heterocycles. The summed E-state index contributed by atoms with van der Waals surface area (Å²) >= 11 is 0. The molecule has 0 heterocycles. The molecule has 2 unspecified atom stereocenters. The predicted molar refractivity (Wildman–Crippen MR) is 73.4 cm³/mol. The van der Waals surface area contributed by atoms with Crippen LogP contribution in [0, 0.1) is 5.92 Å². The molecule has 2 atom stereocenters. The fourth-order valence-electron chi connectivity index (χ4n) is 2.13. The number of rotatable bonds is 9. The summed E-state index contributed by atoms with van der Waals surface area (Å²) in [4.78, 5) is 11.7. The van der Waals surface area contributed by atoms with Crippen LogP contribution in [0.15, 0.2) is 0 Å². The highest BCUT2D eigenvalue weighted by atomic mass is 16.5. The first-order chi connectivity index (χ1) is 8.32. The van der Waals surface area contributed by atoms with Gasteiger partial charge < -0.3 is 15.2 Å². The van der Waals surface area contributed by atoms with Crippen molar-refractivity contribution in [3.8, 4) is 0 Å². The second-order valence-corrected chi connectivity index (χ2v) is 5.57. The zero-order valence-electron chi connectivity index (χ0n) is 12.5. The minimum Gasteiger partial charge on any atom is -0.465 e. The van der Waals surface area contributed by atoms with Crippen molar-refractivity contribution in [2.45, 2.75) is 65.5 Å². The van der Waals surface area contributed by atoms with Gasteiger partial charge in [-0.1, -0.05) is 27.2 Å². The lowest BCUT2D eigenvalue weighted by Crippen LogP contribution is -2.46. The molecule has 0 fully saturated rings. The Balaban J connectivity index is 4.29. The Morgan fingerprint density at radius 2 is 2.00 bits per heavy atom. The molecule has 0 spiro atoms. The molecule has 0 aliphatic rings. The second-order valence-electron chi connectivity index (χ2n) is 5.57. The summed E-state index contributed by atoms with van der Waals surface area (Å²) in [6.45, 7) is 10.6. The number of nitrogens with one attached hydrogen (secondary N) is 1. The van der Waals surface area contributed by atoms with Gasteiger partial charge in [-0.3, -0.25) is 4.79 Å². The van der Waals surface area contributed by atoms with Gasteiger partial charge in [0.05, 0.1) is 12.2 Å². The molecule has 2 N–H and O–H groups in total. The highest BCUT2D eigenvalue weighted by molar-refractivity contribution is 5.75. The summed E-state index contributed by atoms with van der Waals surface area (Å²) in [5.41, 5.74) is -0.785. The summed E-state index contributed by atoms with van der Waals surface area (Å²) in [6, 6.07) is -0.311. The minimum atomic E-state index is -0.785. The molecule has 108 valence electrons. The van der Waals surface area contributed by atoms with Crippen LogP contribution in [-0.2, 0) is 9.53 Å². The molecule has 4 nitrogen and oxygen atoms in total. The van der Waals surface area contributed by atoms with Crippen LogP contribution in [0.1, 0.15) is 53.9 Å². The quantitative estimate of drug-likeness (QED) is 0.623. The molecular weight excluding hydrogens is 230 g/mol. The van der Waals surface area contributed by atoms with Crippen molar-refractivity contribution in [3.05, 3.63) is 0 Å². The van der Waals surface area contributed by atoms with Crippen LogP contribution in [0.4, 0.5) is 0 Å². The van der Waals surface area contributed by atoms with E-state index in [0.717, 1.165) is 12.8 Å². The van der Waals surface area contributed by atoms with Crippen molar-refractivity contribution in [3.63, 3.8) is 0 Å². The third kappa shape index (κ3) is 7.67. The zero-order chi connectivity index (χ0) is 14.2. The van der Waals surface area contributed by atoms with Gasteiger partial charge in [0.2, 0.25) is 0 Å². The maximum atomic E-state index is 11.7.